The van der Waals surface area contributed by atoms with Crippen LogP contribution in [0.4, 0.5) is 5.69 Å². The van der Waals surface area contributed by atoms with Gasteiger partial charge in [-0.1, -0.05) is 24.3 Å². The molecule has 1 atom stereocenters. The summed E-state index contributed by atoms with van der Waals surface area (Å²) < 4.78 is 12.5. The van der Waals surface area contributed by atoms with Gasteiger partial charge in [-0.3, -0.25) is 14.2 Å². The van der Waals surface area contributed by atoms with Crippen LogP contribution in [0.15, 0.2) is 57.7 Å². The first-order valence-corrected chi connectivity index (χ1v) is 9.44. The molecule has 4 rings (SSSR count). The van der Waals surface area contributed by atoms with Gasteiger partial charge >= 0.3 is 5.76 Å². The van der Waals surface area contributed by atoms with Gasteiger partial charge in [0.25, 0.3) is 5.91 Å². The van der Waals surface area contributed by atoms with E-state index < -0.39 is 11.9 Å². The zero-order valence-electron chi connectivity index (χ0n) is 16.0. The van der Waals surface area contributed by atoms with Crippen LogP contribution in [0.25, 0.3) is 11.1 Å². The second-order valence-electron chi connectivity index (χ2n) is 6.78. The van der Waals surface area contributed by atoms with Crippen molar-refractivity contribution in [2.45, 2.75) is 25.5 Å². The van der Waals surface area contributed by atoms with Crippen molar-refractivity contribution in [1.29, 1.82) is 0 Å². The minimum absolute atomic E-state index is 0.129. The molecule has 0 bridgehead atoms. The third kappa shape index (κ3) is 3.61. The fraction of sp³-hybridized carbons (Fsp3) is 0.286. The van der Waals surface area contributed by atoms with Crippen LogP contribution in [-0.2, 0) is 16.1 Å². The molecule has 0 saturated carbocycles. The number of para-hydroxylation sites is 4. The minimum atomic E-state index is -0.765. The molecule has 150 valence electrons. The summed E-state index contributed by atoms with van der Waals surface area (Å²) in [5.74, 6) is -0.350. The van der Waals surface area contributed by atoms with E-state index in [0.717, 1.165) is 0 Å². The predicted octanol–water partition coefficient (Wildman–Crippen LogP) is 1.91. The van der Waals surface area contributed by atoms with E-state index in [4.69, 9.17) is 9.15 Å². The van der Waals surface area contributed by atoms with Crippen molar-refractivity contribution in [3.8, 4) is 5.75 Å². The fourth-order valence-corrected chi connectivity index (χ4v) is 3.52. The van der Waals surface area contributed by atoms with E-state index in [1.807, 2.05) is 18.2 Å². The predicted molar refractivity (Wildman–Crippen MR) is 107 cm³/mol. The molecule has 0 saturated heterocycles. The Morgan fingerprint density at radius 1 is 1.14 bits per heavy atom. The number of rotatable bonds is 5. The first-order valence-electron chi connectivity index (χ1n) is 9.44. The monoisotopic (exact) mass is 395 g/mol. The Morgan fingerprint density at radius 2 is 1.90 bits per heavy atom. The molecule has 0 unspecified atom stereocenters. The van der Waals surface area contributed by atoms with Crippen LogP contribution in [0.2, 0.25) is 0 Å². The molecule has 1 aliphatic rings. The van der Waals surface area contributed by atoms with Gasteiger partial charge in [0.2, 0.25) is 5.91 Å². The van der Waals surface area contributed by atoms with Crippen molar-refractivity contribution >= 4 is 28.6 Å². The van der Waals surface area contributed by atoms with Gasteiger partial charge in [-0.05, 0) is 30.7 Å². The number of aryl methyl sites for hydroxylation is 1. The zero-order valence-corrected chi connectivity index (χ0v) is 16.0. The largest absolute Gasteiger partial charge is 0.477 e. The average molecular weight is 395 g/mol. The van der Waals surface area contributed by atoms with Gasteiger partial charge in [0.05, 0.1) is 17.7 Å². The molecule has 2 aromatic carbocycles. The van der Waals surface area contributed by atoms with E-state index in [-0.39, 0.29) is 24.8 Å². The molecule has 0 spiro atoms. The summed E-state index contributed by atoms with van der Waals surface area (Å²) in [6, 6.07) is 14.3. The van der Waals surface area contributed by atoms with Gasteiger partial charge in [-0.15, -0.1) is 0 Å². The lowest BCUT2D eigenvalue weighted by Gasteiger charge is -2.34. The van der Waals surface area contributed by atoms with Crippen LogP contribution in [0, 0.1) is 0 Å². The summed E-state index contributed by atoms with van der Waals surface area (Å²) >= 11 is 0. The van der Waals surface area contributed by atoms with Crippen molar-refractivity contribution in [1.82, 2.24) is 9.88 Å². The number of benzene rings is 2. The number of ether oxygens (including phenoxy) is 1. The van der Waals surface area contributed by atoms with Crippen molar-refractivity contribution in [3.63, 3.8) is 0 Å². The third-order valence-corrected chi connectivity index (χ3v) is 4.96. The Bertz CT molecular complexity index is 1120. The molecular formula is C21H21N3O5. The highest BCUT2D eigenvalue weighted by Crippen LogP contribution is 2.33. The maximum Gasteiger partial charge on any atom is 0.419 e. The normalized spacial score (nSPS) is 15.6. The number of nitrogens with zero attached hydrogens (tertiary/aromatic N) is 2. The van der Waals surface area contributed by atoms with Crippen molar-refractivity contribution in [2.75, 3.05) is 18.5 Å². The summed E-state index contributed by atoms with van der Waals surface area (Å²) in [5.41, 5.74) is 1.88. The molecule has 3 aromatic rings. The molecule has 29 heavy (non-hydrogen) atoms. The number of hydrogen-bond acceptors (Lipinski definition) is 5. The molecule has 0 radical (unpaired) electrons. The minimum Gasteiger partial charge on any atom is -0.477 e. The van der Waals surface area contributed by atoms with Gasteiger partial charge in [-0.25, -0.2) is 4.79 Å². The summed E-state index contributed by atoms with van der Waals surface area (Å²) in [4.78, 5) is 38.6. The molecule has 2 heterocycles. The highest BCUT2D eigenvalue weighted by molar-refractivity contribution is 5.97. The lowest BCUT2D eigenvalue weighted by molar-refractivity contribution is -0.128. The van der Waals surface area contributed by atoms with Crippen molar-refractivity contribution in [3.05, 3.63) is 59.1 Å². The summed E-state index contributed by atoms with van der Waals surface area (Å²) in [7, 11) is 1.53. The van der Waals surface area contributed by atoms with Crippen molar-refractivity contribution < 1.29 is 18.7 Å². The third-order valence-electron chi connectivity index (χ3n) is 4.96. The number of anilines is 1. The van der Waals surface area contributed by atoms with Gasteiger partial charge < -0.3 is 19.4 Å². The molecule has 1 aromatic heterocycles. The maximum atomic E-state index is 12.9. The van der Waals surface area contributed by atoms with Crippen molar-refractivity contribution in [2.24, 2.45) is 0 Å². The smallest absolute Gasteiger partial charge is 0.419 e. The SMILES string of the molecule is CNC(=O)[C@H]1CN(C(=O)CCCn2c(=O)oc3ccccc32)c2ccccc2O1. The number of carbonyl (C=O) groups is 2. The Labute approximate surface area is 166 Å². The van der Waals surface area contributed by atoms with E-state index in [1.54, 1.807) is 35.2 Å². The second-order valence-corrected chi connectivity index (χ2v) is 6.78. The highest BCUT2D eigenvalue weighted by atomic mass is 16.5. The van der Waals surface area contributed by atoms with E-state index in [0.29, 0.717) is 35.5 Å². The van der Waals surface area contributed by atoms with E-state index in [1.165, 1.54) is 11.6 Å². The lowest BCUT2D eigenvalue weighted by Crippen LogP contribution is -2.50. The zero-order chi connectivity index (χ0) is 20.4. The fourth-order valence-electron chi connectivity index (χ4n) is 3.52. The first-order chi connectivity index (χ1) is 14.1. The number of oxazole rings is 1. The summed E-state index contributed by atoms with van der Waals surface area (Å²) in [6.07, 6.45) is -0.0769. The Balaban J connectivity index is 1.48. The number of carbonyl (C=O) groups excluding carboxylic acids is 2. The quantitative estimate of drug-likeness (QED) is 0.712. The average Bonchev–Trinajstić information content (AvgIpc) is 3.07. The Kier molecular flexibility index (Phi) is 5.07. The standard InChI is InChI=1S/C21H21N3O5/c1-22-20(26)18-13-24(15-8-3-4-9-16(15)28-18)19(25)11-6-12-23-14-7-2-5-10-17(14)29-21(23)27/h2-5,7-10,18H,6,11-13H2,1H3,(H,22,26)/t18-/m1/s1. The number of amides is 2. The Hall–Kier alpha value is -3.55. The van der Waals surface area contributed by atoms with E-state index >= 15 is 0 Å². The number of aromatic nitrogens is 1. The van der Waals surface area contributed by atoms with Crippen LogP contribution in [0.1, 0.15) is 12.8 Å². The number of hydrogen-bond donors (Lipinski definition) is 1. The van der Waals surface area contributed by atoms with Crippen LogP contribution >= 0.6 is 0 Å². The highest BCUT2D eigenvalue weighted by Gasteiger charge is 2.33. The summed E-state index contributed by atoms with van der Waals surface area (Å²) in [5, 5.41) is 2.56. The lowest BCUT2D eigenvalue weighted by atomic mass is 10.1. The summed E-state index contributed by atoms with van der Waals surface area (Å²) in [6.45, 7) is 0.510. The maximum absolute atomic E-state index is 12.9. The number of likely N-dealkylation sites (N-methyl/N-ethyl adjacent to an activating group) is 1. The molecule has 8 nitrogen and oxygen atoms in total. The van der Waals surface area contributed by atoms with Gasteiger partial charge in [0.15, 0.2) is 11.7 Å². The molecular weight excluding hydrogens is 374 g/mol. The first kappa shape index (κ1) is 18.8. The van der Waals surface area contributed by atoms with E-state index in [2.05, 4.69) is 5.32 Å². The van der Waals surface area contributed by atoms with Gasteiger partial charge in [-0.2, -0.15) is 0 Å². The van der Waals surface area contributed by atoms with Crippen LogP contribution in [0.5, 0.6) is 5.75 Å². The molecule has 8 heteroatoms. The van der Waals surface area contributed by atoms with Crippen LogP contribution in [-0.4, -0.2) is 36.1 Å². The number of fused-ring (bicyclic) bond motifs is 2. The topological polar surface area (TPSA) is 93.8 Å². The molecule has 1 aliphatic heterocycles. The molecule has 0 fully saturated rings. The van der Waals surface area contributed by atoms with E-state index in [9.17, 15) is 14.4 Å². The van der Waals surface area contributed by atoms with Gasteiger partial charge in [0.1, 0.15) is 5.75 Å². The molecule has 0 aliphatic carbocycles. The second kappa shape index (κ2) is 7.83. The van der Waals surface area contributed by atoms with Gasteiger partial charge in [0, 0.05) is 20.0 Å². The van der Waals surface area contributed by atoms with Crippen LogP contribution in [0.3, 0.4) is 0 Å². The molecule has 1 N–H and O–H groups in total. The number of nitrogens with one attached hydrogen (secondary N) is 1. The Morgan fingerprint density at radius 3 is 2.72 bits per heavy atom. The molecule has 2 amide bonds. The van der Waals surface area contributed by atoms with Crippen LogP contribution < -0.4 is 20.7 Å².